The number of nitrogens with one attached hydrogen (secondary N) is 2. The Hall–Kier alpha value is -1.87. The molecule has 0 spiro atoms. The highest BCUT2D eigenvalue weighted by atomic mass is 127. The van der Waals surface area contributed by atoms with Crippen molar-refractivity contribution >= 4 is 29.9 Å². The van der Waals surface area contributed by atoms with Gasteiger partial charge in [0.15, 0.2) is 5.96 Å². The summed E-state index contributed by atoms with van der Waals surface area (Å²) in [6.45, 7) is 9.12. The van der Waals surface area contributed by atoms with Gasteiger partial charge >= 0.3 is 0 Å². The predicted molar refractivity (Wildman–Crippen MR) is 129 cm³/mol. The van der Waals surface area contributed by atoms with Crippen molar-refractivity contribution in [3.63, 3.8) is 0 Å². The summed E-state index contributed by atoms with van der Waals surface area (Å²) < 4.78 is 19.0. The highest BCUT2D eigenvalue weighted by Crippen LogP contribution is 2.17. The molecular weight excluding hydrogens is 482 g/mol. The smallest absolute Gasteiger partial charge is 0.191 e. The van der Waals surface area contributed by atoms with Gasteiger partial charge in [0.2, 0.25) is 0 Å². The fourth-order valence-electron chi connectivity index (χ4n) is 2.80. The molecule has 0 aliphatic rings. The van der Waals surface area contributed by atoms with Crippen molar-refractivity contribution in [3.05, 3.63) is 65.5 Å². The van der Waals surface area contributed by atoms with Crippen LogP contribution in [0.2, 0.25) is 0 Å². The largest absolute Gasteiger partial charge is 0.492 e. The quantitative estimate of drug-likeness (QED) is 0.286. The Bertz CT molecular complexity index is 736. The first-order valence-electron chi connectivity index (χ1n) is 9.78. The van der Waals surface area contributed by atoms with Gasteiger partial charge in [-0.2, -0.15) is 0 Å². The van der Waals surface area contributed by atoms with E-state index in [9.17, 15) is 4.39 Å². The summed E-state index contributed by atoms with van der Waals surface area (Å²) in [7, 11) is 1.73. The maximum atomic E-state index is 13.0. The van der Waals surface area contributed by atoms with Gasteiger partial charge in [-0.25, -0.2) is 4.39 Å². The van der Waals surface area contributed by atoms with Crippen LogP contribution in [-0.2, 0) is 13.1 Å². The second-order valence-corrected chi connectivity index (χ2v) is 6.39. The summed E-state index contributed by atoms with van der Waals surface area (Å²) in [6, 6.07) is 14.5. The predicted octanol–water partition coefficient (Wildman–Crippen LogP) is 4.03. The molecule has 0 fully saturated rings. The van der Waals surface area contributed by atoms with Gasteiger partial charge in [0.1, 0.15) is 18.2 Å². The van der Waals surface area contributed by atoms with Gasteiger partial charge in [0.25, 0.3) is 0 Å². The SMILES string of the molecule is CCN(CC)CCOc1ccccc1CNC(=NC)NCc1ccc(F)cc1.I. The van der Waals surface area contributed by atoms with E-state index in [4.69, 9.17) is 4.74 Å². The van der Waals surface area contributed by atoms with Crippen molar-refractivity contribution in [3.8, 4) is 5.75 Å². The lowest BCUT2D eigenvalue weighted by Gasteiger charge is -2.19. The zero-order chi connectivity index (χ0) is 20.2. The van der Waals surface area contributed by atoms with E-state index in [0.717, 1.165) is 36.5 Å². The minimum atomic E-state index is -0.233. The van der Waals surface area contributed by atoms with E-state index in [-0.39, 0.29) is 29.8 Å². The highest BCUT2D eigenvalue weighted by molar-refractivity contribution is 14.0. The van der Waals surface area contributed by atoms with Crippen LogP contribution in [0, 0.1) is 5.82 Å². The first-order chi connectivity index (χ1) is 13.7. The molecule has 0 saturated carbocycles. The molecule has 0 atom stereocenters. The van der Waals surface area contributed by atoms with Gasteiger partial charge in [-0.1, -0.05) is 44.2 Å². The molecule has 29 heavy (non-hydrogen) atoms. The van der Waals surface area contributed by atoms with E-state index in [1.54, 1.807) is 19.2 Å². The monoisotopic (exact) mass is 514 g/mol. The number of rotatable bonds is 10. The molecule has 2 N–H and O–H groups in total. The van der Waals surface area contributed by atoms with Gasteiger partial charge in [-0.15, -0.1) is 24.0 Å². The Morgan fingerprint density at radius 2 is 1.66 bits per heavy atom. The lowest BCUT2D eigenvalue weighted by molar-refractivity contribution is 0.221. The Morgan fingerprint density at radius 3 is 2.31 bits per heavy atom. The summed E-state index contributed by atoms with van der Waals surface area (Å²) in [6.07, 6.45) is 0. The summed E-state index contributed by atoms with van der Waals surface area (Å²) in [5, 5.41) is 6.54. The Kier molecular flexibility index (Phi) is 12.3. The van der Waals surface area contributed by atoms with Crippen LogP contribution in [0.25, 0.3) is 0 Å². The van der Waals surface area contributed by atoms with Crippen LogP contribution < -0.4 is 15.4 Å². The summed E-state index contributed by atoms with van der Waals surface area (Å²) in [4.78, 5) is 6.58. The first-order valence-corrected chi connectivity index (χ1v) is 9.78. The number of nitrogens with zero attached hydrogens (tertiary/aromatic N) is 2. The minimum Gasteiger partial charge on any atom is -0.492 e. The van der Waals surface area contributed by atoms with Gasteiger partial charge < -0.3 is 20.3 Å². The van der Waals surface area contributed by atoms with Crippen LogP contribution in [0.15, 0.2) is 53.5 Å². The lowest BCUT2D eigenvalue weighted by Crippen LogP contribution is -2.36. The van der Waals surface area contributed by atoms with Crippen molar-refractivity contribution in [2.24, 2.45) is 4.99 Å². The average molecular weight is 514 g/mol. The topological polar surface area (TPSA) is 48.9 Å². The maximum Gasteiger partial charge on any atom is 0.191 e. The zero-order valence-electron chi connectivity index (χ0n) is 17.5. The lowest BCUT2D eigenvalue weighted by atomic mass is 10.2. The molecule has 0 aliphatic carbocycles. The molecule has 0 unspecified atom stereocenters. The summed E-state index contributed by atoms with van der Waals surface area (Å²) in [5.74, 6) is 1.34. The average Bonchev–Trinajstić information content (AvgIpc) is 2.73. The highest BCUT2D eigenvalue weighted by Gasteiger charge is 2.06. The fraction of sp³-hybridized carbons (Fsp3) is 0.409. The number of benzene rings is 2. The van der Waals surface area contributed by atoms with Crippen molar-refractivity contribution in [2.45, 2.75) is 26.9 Å². The molecule has 0 bridgehead atoms. The summed E-state index contributed by atoms with van der Waals surface area (Å²) in [5.41, 5.74) is 2.07. The van der Waals surface area contributed by atoms with E-state index in [2.05, 4.69) is 34.4 Å². The Morgan fingerprint density at radius 1 is 1.00 bits per heavy atom. The molecule has 160 valence electrons. The molecule has 0 aliphatic heterocycles. The van der Waals surface area contributed by atoms with E-state index < -0.39 is 0 Å². The van der Waals surface area contributed by atoms with Crippen LogP contribution in [0.4, 0.5) is 4.39 Å². The van der Waals surface area contributed by atoms with Crippen LogP contribution in [0.1, 0.15) is 25.0 Å². The Labute approximate surface area is 190 Å². The number of guanidine groups is 1. The zero-order valence-corrected chi connectivity index (χ0v) is 19.8. The van der Waals surface area contributed by atoms with Crippen LogP contribution in [0.3, 0.4) is 0 Å². The molecule has 0 saturated heterocycles. The number of halogens is 2. The number of hydrogen-bond acceptors (Lipinski definition) is 3. The van der Waals surface area contributed by atoms with Crippen molar-refractivity contribution < 1.29 is 9.13 Å². The third kappa shape index (κ3) is 8.99. The van der Waals surface area contributed by atoms with Gasteiger partial charge in [-0.3, -0.25) is 4.99 Å². The van der Waals surface area contributed by atoms with Crippen molar-refractivity contribution in [1.82, 2.24) is 15.5 Å². The minimum absolute atomic E-state index is 0. The molecule has 5 nitrogen and oxygen atoms in total. The van der Waals surface area contributed by atoms with E-state index in [0.29, 0.717) is 25.7 Å². The molecule has 2 aromatic rings. The van der Waals surface area contributed by atoms with Crippen LogP contribution in [-0.4, -0.2) is 44.1 Å². The molecule has 2 rings (SSSR count). The van der Waals surface area contributed by atoms with E-state index in [1.165, 1.54) is 12.1 Å². The third-order valence-corrected chi connectivity index (χ3v) is 4.58. The molecule has 0 heterocycles. The number of aliphatic imine (C=N–C) groups is 1. The second kappa shape index (κ2) is 14.2. The molecule has 7 heteroatoms. The summed E-state index contributed by atoms with van der Waals surface area (Å²) >= 11 is 0. The van der Waals surface area contributed by atoms with Gasteiger partial charge in [0.05, 0.1) is 0 Å². The number of hydrogen-bond donors (Lipinski definition) is 2. The third-order valence-electron chi connectivity index (χ3n) is 4.58. The normalized spacial score (nSPS) is 11.1. The number of ether oxygens (including phenoxy) is 1. The van der Waals surface area contributed by atoms with Crippen LogP contribution in [0.5, 0.6) is 5.75 Å². The number of likely N-dealkylation sites (N-methyl/N-ethyl adjacent to an activating group) is 1. The van der Waals surface area contributed by atoms with Gasteiger partial charge in [-0.05, 0) is 36.9 Å². The first kappa shape index (κ1) is 25.2. The fourth-order valence-corrected chi connectivity index (χ4v) is 2.80. The molecule has 0 aromatic heterocycles. The van der Waals surface area contributed by atoms with Crippen LogP contribution >= 0.6 is 24.0 Å². The number of para-hydroxylation sites is 1. The second-order valence-electron chi connectivity index (χ2n) is 6.39. The van der Waals surface area contributed by atoms with E-state index in [1.807, 2.05) is 24.3 Å². The molecule has 2 aromatic carbocycles. The molecule has 0 amide bonds. The standard InChI is InChI=1S/C22H31FN4O.HI/c1-4-27(5-2)14-15-28-21-9-7-6-8-19(21)17-26-22(24-3)25-16-18-10-12-20(23)13-11-18;/h6-13H,4-5,14-17H2,1-3H3,(H2,24,25,26);1H. The molecule has 0 radical (unpaired) electrons. The molecular formula is C22H32FIN4O. The van der Waals surface area contributed by atoms with E-state index >= 15 is 0 Å². The van der Waals surface area contributed by atoms with Gasteiger partial charge in [0, 0.05) is 32.2 Å². The maximum absolute atomic E-state index is 13.0. The Balaban J connectivity index is 0.00000420. The van der Waals surface area contributed by atoms with Crippen molar-refractivity contribution in [1.29, 1.82) is 0 Å². The van der Waals surface area contributed by atoms with Crippen molar-refractivity contribution in [2.75, 3.05) is 33.3 Å².